The number of para-hydroxylation sites is 2. The first-order valence-electron chi connectivity index (χ1n) is 12.9. The average molecular weight is 532 g/mol. The zero-order chi connectivity index (χ0) is 28.1. The monoisotopic (exact) mass is 531 g/mol. The van der Waals surface area contributed by atoms with Crippen LogP contribution in [0.5, 0.6) is 0 Å². The molecule has 5 rings (SSSR count). The Hall–Kier alpha value is -4.57. The highest BCUT2D eigenvalue weighted by Gasteiger charge is 2.29. The van der Waals surface area contributed by atoms with Crippen LogP contribution in [0, 0.1) is 6.92 Å². The van der Waals surface area contributed by atoms with E-state index in [0.717, 1.165) is 58.5 Å². The van der Waals surface area contributed by atoms with Crippen LogP contribution in [-0.2, 0) is 16.0 Å². The van der Waals surface area contributed by atoms with Crippen LogP contribution in [0.2, 0.25) is 0 Å². The number of fused-ring (bicyclic) bond motifs is 2. The Labute approximate surface area is 224 Å². The Morgan fingerprint density at radius 2 is 1.59 bits per heavy atom. The fourth-order valence-corrected chi connectivity index (χ4v) is 4.89. The summed E-state index contributed by atoms with van der Waals surface area (Å²) in [6, 6.07) is 15.6. The number of hydrogen-bond acceptors (Lipinski definition) is 5. The number of carbonyl (C=O) groups is 2. The number of ether oxygens (including phenoxy) is 1. The number of aromatic amines is 3. The Bertz CT molecular complexity index is 1680. The van der Waals surface area contributed by atoms with Gasteiger partial charge in [0, 0.05) is 45.7 Å². The van der Waals surface area contributed by atoms with Crippen LogP contribution < -0.4 is 11.4 Å². The number of benzene rings is 2. The van der Waals surface area contributed by atoms with Gasteiger partial charge in [-0.25, -0.2) is 9.59 Å². The molecule has 6 N–H and O–H groups in total. The number of nitrogens with two attached hydrogens (primary N) is 1. The number of imidazole rings is 1. The normalized spacial score (nSPS) is 11.0. The lowest BCUT2D eigenvalue weighted by Crippen LogP contribution is -2.21. The van der Waals surface area contributed by atoms with Crippen molar-refractivity contribution in [1.29, 1.82) is 0 Å². The largest absolute Gasteiger partial charge is 0.481 e. The van der Waals surface area contributed by atoms with Crippen LogP contribution in [-0.4, -0.2) is 49.7 Å². The van der Waals surface area contributed by atoms with Crippen molar-refractivity contribution in [2.75, 3.05) is 13.2 Å². The summed E-state index contributed by atoms with van der Waals surface area (Å²) in [5, 5.41) is 9.20. The average Bonchev–Trinajstić information content (AvgIpc) is 3.53. The highest BCUT2D eigenvalue weighted by Crippen LogP contribution is 2.35. The lowest BCUT2D eigenvalue weighted by atomic mass is 10.1. The lowest BCUT2D eigenvalue weighted by molar-refractivity contribution is -0.134. The SMILES string of the molecule is CC(=O)O.CCOC(=O)c1c(-c2c(C)[nH]c3ccccc23)[nH]c(=O)n1-c1c(CCCCN)[nH]c2ccccc12. The van der Waals surface area contributed by atoms with Crippen molar-refractivity contribution in [3.05, 3.63) is 76.1 Å². The first-order valence-corrected chi connectivity index (χ1v) is 12.9. The molecule has 0 saturated carbocycles. The second kappa shape index (κ2) is 11.9. The van der Waals surface area contributed by atoms with E-state index < -0.39 is 17.6 Å². The molecule has 204 valence electrons. The molecule has 39 heavy (non-hydrogen) atoms. The van der Waals surface area contributed by atoms with Gasteiger partial charge in [-0.05, 0) is 51.8 Å². The van der Waals surface area contributed by atoms with Crippen LogP contribution in [0.1, 0.15) is 48.6 Å². The van der Waals surface area contributed by atoms with Gasteiger partial charge in [0.1, 0.15) is 0 Å². The van der Waals surface area contributed by atoms with Gasteiger partial charge in [0.25, 0.3) is 5.97 Å². The molecule has 0 spiro atoms. The third-order valence-electron chi connectivity index (χ3n) is 6.37. The number of carboxylic acids is 1. The molecule has 0 atom stereocenters. The van der Waals surface area contributed by atoms with Gasteiger partial charge in [0.05, 0.1) is 18.0 Å². The Kier molecular flexibility index (Phi) is 8.36. The van der Waals surface area contributed by atoms with Gasteiger partial charge in [-0.2, -0.15) is 0 Å². The number of unbranched alkanes of at least 4 members (excludes halogenated alkanes) is 1. The number of rotatable bonds is 8. The van der Waals surface area contributed by atoms with Gasteiger partial charge < -0.3 is 30.5 Å². The number of nitrogens with one attached hydrogen (secondary N) is 3. The van der Waals surface area contributed by atoms with E-state index in [1.165, 1.54) is 4.57 Å². The molecule has 10 heteroatoms. The van der Waals surface area contributed by atoms with Gasteiger partial charge in [-0.15, -0.1) is 0 Å². The minimum absolute atomic E-state index is 0.189. The van der Waals surface area contributed by atoms with E-state index in [1.54, 1.807) is 6.92 Å². The summed E-state index contributed by atoms with van der Waals surface area (Å²) in [5.74, 6) is -1.39. The van der Waals surface area contributed by atoms with E-state index in [2.05, 4.69) is 15.0 Å². The minimum Gasteiger partial charge on any atom is -0.481 e. The fourth-order valence-electron chi connectivity index (χ4n) is 4.89. The van der Waals surface area contributed by atoms with Crippen molar-refractivity contribution in [3.63, 3.8) is 0 Å². The van der Waals surface area contributed by atoms with E-state index in [4.69, 9.17) is 20.4 Å². The number of H-pyrrole nitrogens is 3. The quantitative estimate of drug-likeness (QED) is 0.145. The van der Waals surface area contributed by atoms with Crippen molar-refractivity contribution < 1.29 is 19.4 Å². The van der Waals surface area contributed by atoms with Crippen LogP contribution in [0.3, 0.4) is 0 Å². The van der Waals surface area contributed by atoms with Crippen LogP contribution >= 0.6 is 0 Å². The molecule has 3 aromatic heterocycles. The van der Waals surface area contributed by atoms with Crippen molar-refractivity contribution in [2.24, 2.45) is 5.73 Å². The first-order chi connectivity index (χ1) is 18.8. The molecule has 3 heterocycles. The fraction of sp³-hybridized carbons (Fsp3) is 0.276. The molecular formula is C29H33N5O5. The maximum atomic E-state index is 13.6. The van der Waals surface area contributed by atoms with Crippen LogP contribution in [0.15, 0.2) is 53.3 Å². The molecule has 0 amide bonds. The zero-order valence-corrected chi connectivity index (χ0v) is 22.3. The van der Waals surface area contributed by atoms with Crippen LogP contribution in [0.4, 0.5) is 0 Å². The third-order valence-corrected chi connectivity index (χ3v) is 6.37. The molecule has 0 fully saturated rings. The summed E-state index contributed by atoms with van der Waals surface area (Å²) in [7, 11) is 0. The van der Waals surface area contributed by atoms with Crippen molar-refractivity contribution in [1.82, 2.24) is 19.5 Å². The molecule has 10 nitrogen and oxygen atoms in total. The second-order valence-corrected chi connectivity index (χ2v) is 9.14. The predicted octanol–water partition coefficient (Wildman–Crippen LogP) is 4.65. The summed E-state index contributed by atoms with van der Waals surface area (Å²) in [5.41, 5.74) is 11.0. The topological polar surface area (TPSA) is 159 Å². The molecule has 2 aromatic carbocycles. The maximum absolute atomic E-state index is 13.6. The van der Waals surface area contributed by atoms with E-state index >= 15 is 0 Å². The number of nitrogens with zero attached hydrogens (tertiary/aromatic N) is 1. The highest BCUT2D eigenvalue weighted by molar-refractivity contribution is 6.04. The number of aryl methyl sites for hydroxylation is 2. The van der Waals surface area contributed by atoms with E-state index in [1.807, 2.05) is 55.5 Å². The minimum atomic E-state index is -0.833. The van der Waals surface area contributed by atoms with Crippen LogP contribution in [0.25, 0.3) is 38.8 Å². The Morgan fingerprint density at radius 1 is 0.974 bits per heavy atom. The first kappa shape index (κ1) is 27.5. The van der Waals surface area contributed by atoms with E-state index in [-0.39, 0.29) is 12.3 Å². The van der Waals surface area contributed by atoms with Crippen molar-refractivity contribution in [3.8, 4) is 16.9 Å². The number of aromatic nitrogens is 4. The lowest BCUT2D eigenvalue weighted by Gasteiger charge is -2.11. The molecular weight excluding hydrogens is 498 g/mol. The molecule has 0 aliphatic heterocycles. The molecule has 0 saturated heterocycles. The number of carbonyl (C=O) groups excluding carboxylic acids is 1. The number of hydrogen-bond donors (Lipinski definition) is 5. The summed E-state index contributed by atoms with van der Waals surface area (Å²) in [6.45, 7) is 5.57. The molecule has 0 radical (unpaired) electrons. The smallest absolute Gasteiger partial charge is 0.357 e. The van der Waals surface area contributed by atoms with Gasteiger partial charge in [0.15, 0.2) is 5.69 Å². The summed E-state index contributed by atoms with van der Waals surface area (Å²) in [6.07, 6.45) is 2.42. The Balaban J connectivity index is 0.000000826. The van der Waals surface area contributed by atoms with E-state index in [0.29, 0.717) is 24.3 Å². The molecule has 5 aromatic rings. The summed E-state index contributed by atoms with van der Waals surface area (Å²) >= 11 is 0. The number of esters is 1. The highest BCUT2D eigenvalue weighted by atomic mass is 16.5. The third kappa shape index (κ3) is 5.51. The molecule has 0 unspecified atom stereocenters. The second-order valence-electron chi connectivity index (χ2n) is 9.14. The standard InChI is InChI=1S/C27H29N5O3.C2H4O2/c1-3-35-26(33)25-23(22-16(2)29-19-12-6-4-10-17(19)22)31-27(34)32(25)24-18-11-5-7-13-20(18)30-21(24)14-8-9-15-28;1-2(3)4/h4-7,10-13,29-30H,3,8-9,14-15,28H2,1-2H3,(H,31,34);1H3,(H,3,4). The summed E-state index contributed by atoms with van der Waals surface area (Å²) in [4.78, 5) is 45.8. The summed E-state index contributed by atoms with van der Waals surface area (Å²) < 4.78 is 6.94. The molecule has 0 aliphatic carbocycles. The van der Waals surface area contributed by atoms with Gasteiger partial charge in [-0.1, -0.05) is 36.4 Å². The number of aliphatic carboxylic acids is 1. The zero-order valence-electron chi connectivity index (χ0n) is 22.3. The molecule has 0 bridgehead atoms. The van der Waals surface area contributed by atoms with Crippen molar-refractivity contribution >= 4 is 33.7 Å². The predicted molar refractivity (Wildman–Crippen MR) is 152 cm³/mol. The van der Waals surface area contributed by atoms with Gasteiger partial charge >= 0.3 is 11.7 Å². The van der Waals surface area contributed by atoms with Gasteiger partial charge in [0.2, 0.25) is 0 Å². The molecule has 0 aliphatic rings. The van der Waals surface area contributed by atoms with E-state index in [9.17, 15) is 9.59 Å². The van der Waals surface area contributed by atoms with Crippen molar-refractivity contribution in [2.45, 2.75) is 40.0 Å². The maximum Gasteiger partial charge on any atom is 0.357 e. The van der Waals surface area contributed by atoms with Gasteiger partial charge in [-0.3, -0.25) is 9.36 Å². The number of carboxylic acid groups (broad SMARTS) is 1. The Morgan fingerprint density at radius 3 is 2.23 bits per heavy atom.